The van der Waals surface area contributed by atoms with Gasteiger partial charge < -0.3 is 20.1 Å². The molecule has 0 aromatic carbocycles. The first-order valence-corrected chi connectivity index (χ1v) is 4.72. The van der Waals surface area contributed by atoms with Crippen LogP contribution in [0.3, 0.4) is 0 Å². The maximum Gasteiger partial charge on any atom is 0.325 e. The second kappa shape index (κ2) is 7.05. The molecule has 0 aromatic heterocycles. The van der Waals surface area contributed by atoms with E-state index in [9.17, 15) is 9.59 Å². The molecule has 1 unspecified atom stereocenters. The number of urea groups is 1. The van der Waals surface area contributed by atoms with Crippen LogP contribution < -0.4 is 5.32 Å². The fraction of sp³-hybridized carbons (Fsp3) is 0.778. The summed E-state index contributed by atoms with van der Waals surface area (Å²) in [5.41, 5.74) is 0. The second-order valence-corrected chi connectivity index (χ2v) is 3.28. The molecule has 0 aliphatic rings. The Hall–Kier alpha value is -1.30. The third-order valence-electron chi connectivity index (χ3n) is 1.90. The van der Waals surface area contributed by atoms with Gasteiger partial charge in [0.1, 0.15) is 6.04 Å². The minimum absolute atomic E-state index is 0.388. The number of hydrogen-bond acceptors (Lipinski definition) is 3. The molecular weight excluding hydrogens is 200 g/mol. The Balaban J connectivity index is 3.83. The smallest absolute Gasteiger partial charge is 0.325 e. The van der Waals surface area contributed by atoms with Crippen molar-refractivity contribution in [1.29, 1.82) is 0 Å². The summed E-state index contributed by atoms with van der Waals surface area (Å²) in [7, 11) is 3.20. The number of methoxy groups -OCH3 is 1. The van der Waals surface area contributed by atoms with Gasteiger partial charge in [-0.3, -0.25) is 4.79 Å². The highest BCUT2D eigenvalue weighted by molar-refractivity contribution is 5.82. The first-order valence-electron chi connectivity index (χ1n) is 4.72. The molecule has 0 saturated heterocycles. The SMILES string of the molecule is COCCCN(C)C(=O)NC(C)C(=O)O. The molecule has 0 aliphatic heterocycles. The molecule has 0 bridgehead atoms. The molecule has 0 rings (SSSR count). The number of carbonyl (C=O) groups is 2. The van der Waals surface area contributed by atoms with Crippen molar-refractivity contribution < 1.29 is 19.4 Å². The topological polar surface area (TPSA) is 78.9 Å². The van der Waals surface area contributed by atoms with Gasteiger partial charge in [0.25, 0.3) is 0 Å². The van der Waals surface area contributed by atoms with E-state index in [4.69, 9.17) is 9.84 Å². The van der Waals surface area contributed by atoms with Gasteiger partial charge in [-0.05, 0) is 13.3 Å². The number of nitrogens with zero attached hydrogens (tertiary/aromatic N) is 1. The Kier molecular flexibility index (Phi) is 6.44. The van der Waals surface area contributed by atoms with Crippen LogP contribution in [0, 0.1) is 0 Å². The molecule has 2 N–H and O–H groups in total. The number of carbonyl (C=O) groups excluding carboxylic acids is 1. The lowest BCUT2D eigenvalue weighted by atomic mass is 10.3. The third-order valence-corrected chi connectivity index (χ3v) is 1.90. The zero-order chi connectivity index (χ0) is 11.8. The highest BCUT2D eigenvalue weighted by Crippen LogP contribution is 1.91. The number of nitrogens with one attached hydrogen (secondary N) is 1. The van der Waals surface area contributed by atoms with Crippen LogP contribution in [-0.4, -0.2) is 55.4 Å². The lowest BCUT2D eigenvalue weighted by Crippen LogP contribution is -2.45. The summed E-state index contributed by atoms with van der Waals surface area (Å²) in [5, 5.41) is 10.9. The molecule has 6 nitrogen and oxygen atoms in total. The summed E-state index contributed by atoms with van der Waals surface area (Å²) >= 11 is 0. The van der Waals surface area contributed by atoms with Crippen molar-refractivity contribution in [2.75, 3.05) is 27.3 Å². The van der Waals surface area contributed by atoms with Crippen molar-refractivity contribution in [3.05, 3.63) is 0 Å². The molecule has 15 heavy (non-hydrogen) atoms. The van der Waals surface area contributed by atoms with E-state index in [0.29, 0.717) is 13.2 Å². The van der Waals surface area contributed by atoms with Gasteiger partial charge in [0.15, 0.2) is 0 Å². The largest absolute Gasteiger partial charge is 0.480 e. The van der Waals surface area contributed by atoms with E-state index in [1.807, 2.05) is 0 Å². The van der Waals surface area contributed by atoms with Crippen molar-refractivity contribution in [3.8, 4) is 0 Å². The predicted molar refractivity (Wildman–Crippen MR) is 54.8 cm³/mol. The summed E-state index contributed by atoms with van der Waals surface area (Å²) < 4.78 is 4.84. The van der Waals surface area contributed by atoms with Crippen molar-refractivity contribution in [2.24, 2.45) is 0 Å². The molecular formula is C9H18N2O4. The summed E-state index contributed by atoms with van der Waals surface area (Å²) in [6, 6.07) is -1.26. The number of carboxylic acids is 1. The van der Waals surface area contributed by atoms with Gasteiger partial charge >= 0.3 is 12.0 Å². The maximum atomic E-state index is 11.4. The second-order valence-electron chi connectivity index (χ2n) is 3.28. The Labute approximate surface area is 89.2 Å². The first kappa shape index (κ1) is 13.7. The Morgan fingerprint density at radius 3 is 2.60 bits per heavy atom. The number of aliphatic carboxylic acids is 1. The fourth-order valence-corrected chi connectivity index (χ4v) is 0.905. The summed E-state index contributed by atoms with van der Waals surface area (Å²) in [5.74, 6) is -1.05. The molecule has 88 valence electrons. The van der Waals surface area contributed by atoms with Crippen molar-refractivity contribution in [2.45, 2.75) is 19.4 Å². The molecule has 0 heterocycles. The minimum Gasteiger partial charge on any atom is -0.480 e. The average Bonchev–Trinajstić information content (AvgIpc) is 2.17. The highest BCUT2D eigenvalue weighted by Gasteiger charge is 2.16. The van der Waals surface area contributed by atoms with Crippen LogP contribution in [0.25, 0.3) is 0 Å². The van der Waals surface area contributed by atoms with Crippen LogP contribution in [0.5, 0.6) is 0 Å². The lowest BCUT2D eigenvalue weighted by molar-refractivity contribution is -0.138. The van der Waals surface area contributed by atoms with E-state index in [-0.39, 0.29) is 6.03 Å². The van der Waals surface area contributed by atoms with Crippen molar-refractivity contribution >= 4 is 12.0 Å². The van der Waals surface area contributed by atoms with Crippen LogP contribution in [0.2, 0.25) is 0 Å². The number of rotatable bonds is 6. The Morgan fingerprint density at radius 1 is 1.53 bits per heavy atom. The van der Waals surface area contributed by atoms with Gasteiger partial charge in [0, 0.05) is 27.3 Å². The molecule has 0 aromatic rings. The van der Waals surface area contributed by atoms with E-state index in [1.165, 1.54) is 11.8 Å². The standard InChI is InChI=1S/C9H18N2O4/c1-7(8(12)13)10-9(14)11(2)5-4-6-15-3/h7H,4-6H2,1-3H3,(H,10,14)(H,12,13). The minimum atomic E-state index is -1.05. The molecule has 6 heteroatoms. The molecule has 0 spiro atoms. The van der Waals surface area contributed by atoms with Gasteiger partial charge in [-0.25, -0.2) is 4.79 Å². The van der Waals surface area contributed by atoms with Crippen molar-refractivity contribution in [3.63, 3.8) is 0 Å². The summed E-state index contributed by atoms with van der Waals surface area (Å²) in [4.78, 5) is 23.3. The molecule has 0 radical (unpaired) electrons. The molecule has 1 atom stereocenters. The van der Waals surface area contributed by atoms with Crippen LogP contribution in [0.1, 0.15) is 13.3 Å². The molecule has 0 saturated carbocycles. The molecule has 0 fully saturated rings. The average molecular weight is 218 g/mol. The van der Waals surface area contributed by atoms with Crippen LogP contribution in [0.4, 0.5) is 4.79 Å². The van der Waals surface area contributed by atoms with Gasteiger partial charge in [-0.1, -0.05) is 0 Å². The number of carboxylic acid groups (broad SMARTS) is 1. The summed E-state index contributed by atoms with van der Waals surface area (Å²) in [6.07, 6.45) is 0.724. The van der Waals surface area contributed by atoms with E-state index in [2.05, 4.69) is 5.32 Å². The van der Waals surface area contributed by atoms with E-state index in [1.54, 1.807) is 14.2 Å². The highest BCUT2D eigenvalue weighted by atomic mass is 16.5. The first-order chi connectivity index (χ1) is 6.99. The van der Waals surface area contributed by atoms with Crippen molar-refractivity contribution in [1.82, 2.24) is 10.2 Å². The van der Waals surface area contributed by atoms with Crippen LogP contribution in [-0.2, 0) is 9.53 Å². The lowest BCUT2D eigenvalue weighted by Gasteiger charge is -2.19. The third kappa shape index (κ3) is 5.90. The van der Waals surface area contributed by atoms with E-state index < -0.39 is 12.0 Å². The van der Waals surface area contributed by atoms with Crippen LogP contribution in [0.15, 0.2) is 0 Å². The van der Waals surface area contributed by atoms with Gasteiger partial charge in [0.2, 0.25) is 0 Å². The number of hydrogen-bond donors (Lipinski definition) is 2. The van der Waals surface area contributed by atoms with E-state index >= 15 is 0 Å². The van der Waals surface area contributed by atoms with Crippen LogP contribution >= 0.6 is 0 Å². The van der Waals surface area contributed by atoms with E-state index in [0.717, 1.165) is 6.42 Å². The predicted octanol–water partition coefficient (Wildman–Crippen LogP) is 0.137. The molecule has 2 amide bonds. The summed E-state index contributed by atoms with van der Waals surface area (Å²) in [6.45, 7) is 2.53. The maximum absolute atomic E-state index is 11.4. The monoisotopic (exact) mass is 218 g/mol. The number of ether oxygens (including phenoxy) is 1. The normalized spacial score (nSPS) is 11.9. The zero-order valence-corrected chi connectivity index (χ0v) is 9.32. The fourth-order valence-electron chi connectivity index (χ4n) is 0.905. The van der Waals surface area contributed by atoms with Gasteiger partial charge in [-0.2, -0.15) is 0 Å². The Bertz CT molecular complexity index is 220. The van der Waals surface area contributed by atoms with Gasteiger partial charge in [0.05, 0.1) is 0 Å². The zero-order valence-electron chi connectivity index (χ0n) is 9.32. The molecule has 0 aliphatic carbocycles. The Morgan fingerprint density at radius 2 is 2.13 bits per heavy atom. The van der Waals surface area contributed by atoms with Gasteiger partial charge in [-0.15, -0.1) is 0 Å². The number of amides is 2. The quantitative estimate of drug-likeness (QED) is 0.621.